The molecule has 1 aromatic carbocycles. The van der Waals surface area contributed by atoms with Crippen molar-refractivity contribution in [1.29, 1.82) is 0 Å². The molecule has 0 aromatic heterocycles. The summed E-state index contributed by atoms with van der Waals surface area (Å²) in [5.74, 6) is -0.111. The molecule has 1 amide bonds. The van der Waals surface area contributed by atoms with E-state index in [2.05, 4.69) is 5.32 Å². The molecule has 1 aromatic rings. The van der Waals surface area contributed by atoms with Gasteiger partial charge in [0.2, 0.25) is 10.0 Å². The first-order chi connectivity index (χ1) is 12.2. The highest BCUT2D eigenvalue weighted by Gasteiger charge is 2.36. The number of sulfonamides is 1. The first kappa shape index (κ1) is 19.3. The van der Waals surface area contributed by atoms with E-state index in [0.29, 0.717) is 17.6 Å². The first-order valence-corrected chi connectivity index (χ1v) is 10.8. The Kier molecular flexibility index (Phi) is 5.42. The van der Waals surface area contributed by atoms with Crippen molar-refractivity contribution in [2.45, 2.75) is 68.6 Å². The number of nitrogens with one attached hydrogen (secondary N) is 1. The normalized spacial score (nSPS) is 25.7. The van der Waals surface area contributed by atoms with Crippen molar-refractivity contribution in [1.82, 2.24) is 14.5 Å². The third-order valence-corrected chi connectivity index (χ3v) is 7.83. The van der Waals surface area contributed by atoms with Crippen LogP contribution in [0, 0.1) is 0 Å². The van der Waals surface area contributed by atoms with E-state index in [-0.39, 0.29) is 22.9 Å². The van der Waals surface area contributed by atoms with Gasteiger partial charge in [-0.1, -0.05) is 6.07 Å². The third-order valence-electron chi connectivity index (χ3n) is 5.80. The molecule has 2 fully saturated rings. The van der Waals surface area contributed by atoms with E-state index < -0.39 is 10.0 Å². The summed E-state index contributed by atoms with van der Waals surface area (Å²) in [5.41, 5.74) is 0.427. The summed E-state index contributed by atoms with van der Waals surface area (Å²) in [5, 5.41) is 3.58. The molecule has 0 aliphatic carbocycles. The van der Waals surface area contributed by atoms with E-state index in [1.807, 2.05) is 20.9 Å². The number of nitrogens with zero attached hydrogens (tertiary/aromatic N) is 2. The second-order valence-electron chi connectivity index (χ2n) is 7.82. The molecule has 1 N–H and O–H groups in total. The number of piperidine rings is 1. The van der Waals surface area contributed by atoms with Crippen LogP contribution in [-0.4, -0.2) is 61.8 Å². The zero-order valence-corrected chi connectivity index (χ0v) is 16.8. The van der Waals surface area contributed by atoms with Crippen LogP contribution in [0.5, 0.6) is 0 Å². The van der Waals surface area contributed by atoms with Crippen LogP contribution < -0.4 is 5.32 Å². The molecule has 144 valence electrons. The van der Waals surface area contributed by atoms with Crippen molar-refractivity contribution in [2.24, 2.45) is 0 Å². The van der Waals surface area contributed by atoms with Crippen LogP contribution in [-0.2, 0) is 10.0 Å². The van der Waals surface area contributed by atoms with Gasteiger partial charge in [-0.2, -0.15) is 4.31 Å². The van der Waals surface area contributed by atoms with Gasteiger partial charge < -0.3 is 10.2 Å². The number of carbonyl (C=O) groups excluding carboxylic acids is 1. The number of hydrogen-bond acceptors (Lipinski definition) is 4. The standard InChI is InChI=1S/C19H29N3O3S/c1-13(2)22(4)26(24,25)18-7-5-6-14(10-18)19(23)21(3)17-11-15-8-9-16(12-17)20-15/h5-7,10,13,15-17,20H,8-9,11-12H2,1-4H3. The second-order valence-corrected chi connectivity index (χ2v) is 9.82. The summed E-state index contributed by atoms with van der Waals surface area (Å²) in [6.07, 6.45) is 4.29. The molecule has 2 heterocycles. The molecule has 26 heavy (non-hydrogen) atoms. The van der Waals surface area contributed by atoms with E-state index >= 15 is 0 Å². The fourth-order valence-corrected chi connectivity index (χ4v) is 5.36. The van der Waals surface area contributed by atoms with Crippen molar-refractivity contribution < 1.29 is 13.2 Å². The minimum absolute atomic E-state index is 0.111. The van der Waals surface area contributed by atoms with Gasteiger partial charge in [0, 0.05) is 43.8 Å². The first-order valence-electron chi connectivity index (χ1n) is 9.31. The smallest absolute Gasteiger partial charge is 0.253 e. The Balaban J connectivity index is 1.80. The quantitative estimate of drug-likeness (QED) is 0.850. The SMILES string of the molecule is CC(C)N(C)S(=O)(=O)c1cccc(C(=O)N(C)C2CC3CCC(C2)N3)c1. The maximum Gasteiger partial charge on any atom is 0.253 e. The Hall–Kier alpha value is -1.44. The minimum atomic E-state index is -3.60. The Morgan fingerprint density at radius 2 is 1.77 bits per heavy atom. The van der Waals surface area contributed by atoms with E-state index in [0.717, 1.165) is 12.8 Å². The molecule has 0 radical (unpaired) electrons. The molecule has 0 spiro atoms. The predicted octanol–water partition coefficient (Wildman–Crippen LogP) is 2.07. The average molecular weight is 380 g/mol. The van der Waals surface area contributed by atoms with Crippen molar-refractivity contribution in [3.63, 3.8) is 0 Å². The van der Waals surface area contributed by atoms with Crippen molar-refractivity contribution >= 4 is 15.9 Å². The molecule has 2 aliphatic heterocycles. The monoisotopic (exact) mass is 379 g/mol. The summed E-state index contributed by atoms with van der Waals surface area (Å²) in [4.78, 5) is 14.9. The van der Waals surface area contributed by atoms with E-state index in [4.69, 9.17) is 0 Å². The topological polar surface area (TPSA) is 69.7 Å². The number of amides is 1. The van der Waals surface area contributed by atoms with Gasteiger partial charge in [-0.15, -0.1) is 0 Å². The molecular formula is C19H29N3O3S. The Morgan fingerprint density at radius 3 is 2.35 bits per heavy atom. The molecule has 2 unspecified atom stereocenters. The van der Waals surface area contributed by atoms with E-state index in [1.54, 1.807) is 30.1 Å². The van der Waals surface area contributed by atoms with Crippen molar-refractivity contribution in [3.8, 4) is 0 Å². The Labute approximate surface area is 156 Å². The van der Waals surface area contributed by atoms with Crippen LogP contribution in [0.4, 0.5) is 0 Å². The molecule has 2 bridgehead atoms. The fourth-order valence-electron chi connectivity index (χ4n) is 3.95. The molecule has 2 saturated heterocycles. The molecule has 3 rings (SSSR count). The maximum atomic E-state index is 13.0. The molecule has 2 aliphatic rings. The molecule has 7 heteroatoms. The summed E-state index contributed by atoms with van der Waals surface area (Å²) in [6, 6.07) is 7.46. The van der Waals surface area contributed by atoms with E-state index in [1.165, 1.54) is 23.2 Å². The van der Waals surface area contributed by atoms with Gasteiger partial charge in [0.1, 0.15) is 0 Å². The highest BCUT2D eigenvalue weighted by Crippen LogP contribution is 2.30. The van der Waals surface area contributed by atoms with E-state index in [9.17, 15) is 13.2 Å². The highest BCUT2D eigenvalue weighted by atomic mass is 32.2. The number of carbonyl (C=O) groups is 1. The zero-order chi connectivity index (χ0) is 19.1. The lowest BCUT2D eigenvalue weighted by atomic mass is 9.98. The number of rotatable bonds is 5. The fraction of sp³-hybridized carbons (Fsp3) is 0.632. The zero-order valence-electron chi connectivity index (χ0n) is 16.0. The van der Waals surface area contributed by atoms with Crippen molar-refractivity contribution in [3.05, 3.63) is 29.8 Å². The van der Waals surface area contributed by atoms with Gasteiger partial charge in [-0.05, 0) is 57.7 Å². The van der Waals surface area contributed by atoms with Crippen LogP contribution in [0.15, 0.2) is 29.2 Å². The minimum Gasteiger partial charge on any atom is -0.339 e. The van der Waals surface area contributed by atoms with Gasteiger partial charge in [0.15, 0.2) is 0 Å². The summed E-state index contributed by atoms with van der Waals surface area (Å²) < 4.78 is 26.7. The number of benzene rings is 1. The highest BCUT2D eigenvalue weighted by molar-refractivity contribution is 7.89. The van der Waals surface area contributed by atoms with Crippen LogP contribution in [0.1, 0.15) is 49.9 Å². The number of fused-ring (bicyclic) bond motifs is 2. The lowest BCUT2D eigenvalue weighted by Crippen LogP contribution is -2.48. The maximum absolute atomic E-state index is 13.0. The molecule has 2 atom stereocenters. The lowest BCUT2D eigenvalue weighted by molar-refractivity contribution is 0.0681. The van der Waals surface area contributed by atoms with Gasteiger partial charge in [0.05, 0.1) is 4.90 Å². The third kappa shape index (κ3) is 3.66. The van der Waals surface area contributed by atoms with Crippen LogP contribution in [0.25, 0.3) is 0 Å². The molecule has 0 saturated carbocycles. The summed E-state index contributed by atoms with van der Waals surface area (Å²) in [7, 11) is -0.206. The number of hydrogen-bond donors (Lipinski definition) is 1. The van der Waals surface area contributed by atoms with Crippen molar-refractivity contribution in [2.75, 3.05) is 14.1 Å². The van der Waals surface area contributed by atoms with Gasteiger partial charge >= 0.3 is 0 Å². The average Bonchev–Trinajstić information content (AvgIpc) is 2.97. The Morgan fingerprint density at radius 1 is 1.15 bits per heavy atom. The van der Waals surface area contributed by atoms with Crippen LogP contribution in [0.3, 0.4) is 0 Å². The largest absolute Gasteiger partial charge is 0.339 e. The molecular weight excluding hydrogens is 350 g/mol. The Bertz CT molecular complexity index is 766. The predicted molar refractivity (Wildman–Crippen MR) is 102 cm³/mol. The second kappa shape index (κ2) is 7.29. The van der Waals surface area contributed by atoms with Gasteiger partial charge in [-0.25, -0.2) is 8.42 Å². The lowest BCUT2D eigenvalue weighted by Gasteiger charge is -2.35. The van der Waals surface area contributed by atoms with Gasteiger partial charge in [-0.3, -0.25) is 4.79 Å². The summed E-state index contributed by atoms with van der Waals surface area (Å²) >= 11 is 0. The van der Waals surface area contributed by atoms with Gasteiger partial charge in [0.25, 0.3) is 5.91 Å². The van der Waals surface area contributed by atoms with Crippen LogP contribution >= 0.6 is 0 Å². The van der Waals surface area contributed by atoms with Crippen LogP contribution in [0.2, 0.25) is 0 Å². The molecule has 6 nitrogen and oxygen atoms in total. The summed E-state index contributed by atoms with van der Waals surface area (Å²) in [6.45, 7) is 3.65.